The first-order valence-corrected chi connectivity index (χ1v) is 12.0. The molecule has 34 heavy (non-hydrogen) atoms. The molecule has 2 saturated heterocycles. The van der Waals surface area contributed by atoms with E-state index in [-0.39, 0.29) is 5.91 Å². The van der Waals surface area contributed by atoms with Crippen LogP contribution in [-0.4, -0.2) is 52.3 Å². The number of amides is 1. The topological polar surface area (TPSA) is 94.9 Å². The summed E-state index contributed by atoms with van der Waals surface area (Å²) in [6.45, 7) is 5.07. The predicted octanol–water partition coefficient (Wildman–Crippen LogP) is 4.25. The van der Waals surface area contributed by atoms with E-state index >= 15 is 0 Å². The third-order valence-electron chi connectivity index (χ3n) is 7.07. The number of aryl methyl sites for hydroxylation is 1. The molecule has 7 nitrogen and oxygen atoms in total. The zero-order valence-electron chi connectivity index (χ0n) is 19.5. The van der Waals surface area contributed by atoms with Crippen LogP contribution in [0, 0.1) is 24.2 Å². The maximum Gasteiger partial charge on any atom is 0.253 e. The minimum absolute atomic E-state index is 0.0578. The maximum absolute atomic E-state index is 13.3. The highest BCUT2D eigenvalue weighted by Crippen LogP contribution is 2.30. The number of rotatable bonds is 5. The molecule has 7 heteroatoms. The highest BCUT2D eigenvalue weighted by Gasteiger charge is 2.25. The molecule has 1 amide bonds. The number of aromatic nitrogens is 3. The number of benzene rings is 2. The van der Waals surface area contributed by atoms with E-state index in [0.29, 0.717) is 28.8 Å². The van der Waals surface area contributed by atoms with Crippen molar-refractivity contribution >= 4 is 5.91 Å². The van der Waals surface area contributed by atoms with Crippen LogP contribution in [0.25, 0.3) is 11.4 Å². The number of nitrogens with zero attached hydrogens (tertiary/aromatic N) is 4. The van der Waals surface area contributed by atoms with Gasteiger partial charge in [0.05, 0.1) is 11.6 Å². The van der Waals surface area contributed by atoms with Gasteiger partial charge >= 0.3 is 0 Å². The highest BCUT2D eigenvalue weighted by atomic mass is 16.5. The highest BCUT2D eigenvalue weighted by molar-refractivity contribution is 5.95. The second-order valence-electron chi connectivity index (χ2n) is 9.38. The monoisotopic (exact) mass is 455 g/mol. The molecule has 2 aliphatic heterocycles. The molecule has 174 valence electrons. The number of carbonyl (C=O) groups excluding carboxylic acids is 1. The number of nitrogens with one attached hydrogen (secondary N) is 1. The van der Waals surface area contributed by atoms with Gasteiger partial charge in [-0.15, -0.1) is 10.2 Å². The Kier molecular flexibility index (Phi) is 6.41. The number of carbonyl (C=O) groups is 1. The summed E-state index contributed by atoms with van der Waals surface area (Å²) in [5.41, 5.74) is 4.58. The number of hydrogen-bond acceptors (Lipinski definition) is 5. The molecule has 2 aromatic carbocycles. The first-order chi connectivity index (χ1) is 16.6. The van der Waals surface area contributed by atoms with Crippen molar-refractivity contribution < 1.29 is 9.53 Å². The molecule has 0 spiro atoms. The van der Waals surface area contributed by atoms with E-state index < -0.39 is 0 Å². The van der Waals surface area contributed by atoms with E-state index in [2.05, 4.69) is 21.3 Å². The molecular weight excluding hydrogens is 426 g/mol. The number of ether oxygens (including phenoxy) is 1. The van der Waals surface area contributed by atoms with Gasteiger partial charge in [-0.1, -0.05) is 18.2 Å². The zero-order valence-corrected chi connectivity index (χ0v) is 19.5. The molecule has 1 atom stereocenters. The summed E-state index contributed by atoms with van der Waals surface area (Å²) in [7, 11) is 0. The molecule has 3 aromatic rings. The first kappa shape index (κ1) is 22.3. The Morgan fingerprint density at radius 2 is 1.94 bits per heavy atom. The predicted molar refractivity (Wildman–Crippen MR) is 128 cm³/mol. The number of piperidine rings is 1. The lowest BCUT2D eigenvalue weighted by molar-refractivity contribution is 0.0713. The van der Waals surface area contributed by atoms with E-state index in [1.54, 1.807) is 0 Å². The van der Waals surface area contributed by atoms with E-state index in [4.69, 9.17) is 10.00 Å². The minimum Gasteiger partial charge on any atom is -0.381 e. The molecule has 5 rings (SSSR count). The Morgan fingerprint density at radius 1 is 1.15 bits per heavy atom. The third kappa shape index (κ3) is 4.73. The van der Waals surface area contributed by atoms with Crippen LogP contribution in [0.1, 0.15) is 58.1 Å². The smallest absolute Gasteiger partial charge is 0.253 e. The second kappa shape index (κ2) is 9.78. The third-order valence-corrected chi connectivity index (χ3v) is 7.07. The molecule has 2 aliphatic rings. The van der Waals surface area contributed by atoms with E-state index in [0.717, 1.165) is 68.9 Å². The van der Waals surface area contributed by atoms with Crippen molar-refractivity contribution in [3.63, 3.8) is 0 Å². The summed E-state index contributed by atoms with van der Waals surface area (Å²) in [4.78, 5) is 18.6. The Hall–Kier alpha value is -3.50. The lowest BCUT2D eigenvalue weighted by Gasteiger charge is -2.32. The number of hydrogen-bond donors (Lipinski definition) is 1. The number of H-pyrrole nitrogens is 1. The van der Waals surface area contributed by atoms with Gasteiger partial charge in [0, 0.05) is 43.9 Å². The fraction of sp³-hybridized carbons (Fsp3) is 0.407. The van der Waals surface area contributed by atoms with Crippen molar-refractivity contribution in [2.45, 2.75) is 38.5 Å². The molecule has 1 aromatic heterocycles. The molecule has 0 unspecified atom stereocenters. The average molecular weight is 456 g/mol. The quantitative estimate of drug-likeness (QED) is 0.621. The lowest BCUT2D eigenvalue weighted by atomic mass is 9.89. The largest absolute Gasteiger partial charge is 0.381 e. The Morgan fingerprint density at radius 3 is 2.65 bits per heavy atom. The number of nitriles is 1. The van der Waals surface area contributed by atoms with Crippen molar-refractivity contribution in [1.29, 1.82) is 5.26 Å². The van der Waals surface area contributed by atoms with Crippen molar-refractivity contribution in [3.8, 4) is 17.5 Å². The van der Waals surface area contributed by atoms with Crippen LogP contribution in [-0.2, 0) is 11.2 Å². The van der Waals surface area contributed by atoms with Crippen molar-refractivity contribution in [1.82, 2.24) is 20.1 Å². The van der Waals surface area contributed by atoms with Gasteiger partial charge in [-0.05, 0) is 73.4 Å². The van der Waals surface area contributed by atoms with Crippen LogP contribution >= 0.6 is 0 Å². The summed E-state index contributed by atoms with van der Waals surface area (Å²) in [5, 5.41) is 17.7. The fourth-order valence-corrected chi connectivity index (χ4v) is 4.97. The maximum atomic E-state index is 13.3. The molecule has 2 fully saturated rings. The van der Waals surface area contributed by atoms with Gasteiger partial charge in [-0.3, -0.25) is 4.79 Å². The SMILES string of the molecule is Cc1ccc(C(=O)N2CCC(c3ccc(C#N)cc3)CC2)cc1-c1nnc(C[C@@H]2CCOC2)[nH]1. The van der Waals surface area contributed by atoms with Gasteiger partial charge in [-0.25, -0.2) is 0 Å². The van der Waals surface area contributed by atoms with Gasteiger partial charge in [0.1, 0.15) is 5.82 Å². The molecule has 0 aliphatic carbocycles. The fourth-order valence-electron chi connectivity index (χ4n) is 4.97. The van der Waals surface area contributed by atoms with Crippen LogP contribution < -0.4 is 0 Å². The summed E-state index contributed by atoms with van der Waals surface area (Å²) >= 11 is 0. The van der Waals surface area contributed by atoms with Gasteiger partial charge in [0.15, 0.2) is 5.82 Å². The van der Waals surface area contributed by atoms with Crippen molar-refractivity contribution in [3.05, 3.63) is 70.5 Å². The minimum atomic E-state index is 0.0578. The Balaban J connectivity index is 1.25. The number of aromatic amines is 1. The zero-order chi connectivity index (χ0) is 23.5. The summed E-state index contributed by atoms with van der Waals surface area (Å²) in [5.74, 6) is 2.54. The molecule has 3 heterocycles. The van der Waals surface area contributed by atoms with Crippen LogP contribution in [0.3, 0.4) is 0 Å². The van der Waals surface area contributed by atoms with Gasteiger partial charge in [0.2, 0.25) is 0 Å². The van der Waals surface area contributed by atoms with E-state index in [9.17, 15) is 4.79 Å². The molecule has 0 saturated carbocycles. The molecule has 0 bridgehead atoms. The summed E-state index contributed by atoms with van der Waals surface area (Å²) < 4.78 is 5.46. The normalized spacial score (nSPS) is 18.7. The van der Waals surface area contributed by atoms with Crippen LogP contribution in [0.4, 0.5) is 0 Å². The van der Waals surface area contributed by atoms with Crippen molar-refractivity contribution in [2.24, 2.45) is 5.92 Å². The van der Waals surface area contributed by atoms with Gasteiger partial charge in [-0.2, -0.15) is 5.26 Å². The Bertz CT molecular complexity index is 1200. The summed E-state index contributed by atoms with van der Waals surface area (Å²) in [6.07, 6.45) is 3.74. The Labute approximate surface area is 199 Å². The number of likely N-dealkylation sites (tertiary alicyclic amines) is 1. The van der Waals surface area contributed by atoms with Crippen LogP contribution in [0.15, 0.2) is 42.5 Å². The van der Waals surface area contributed by atoms with Gasteiger partial charge < -0.3 is 14.6 Å². The average Bonchev–Trinajstić information content (AvgIpc) is 3.57. The first-order valence-electron chi connectivity index (χ1n) is 12.0. The van der Waals surface area contributed by atoms with Gasteiger partial charge in [0.25, 0.3) is 5.91 Å². The summed E-state index contributed by atoms with van der Waals surface area (Å²) in [6, 6.07) is 15.8. The molecule has 1 N–H and O–H groups in total. The van der Waals surface area contributed by atoms with E-state index in [1.165, 1.54) is 5.56 Å². The molecular formula is C27H29N5O2. The standard InChI is InChI=1S/C27H29N5O2/c1-18-2-5-23(15-24(18)26-29-25(30-31-26)14-20-10-13-34-17-20)27(33)32-11-8-22(9-12-32)21-6-3-19(16-28)4-7-21/h2-7,15,20,22H,8-14,17H2,1H3,(H,29,30,31)/t20-/m0/s1. The van der Waals surface area contributed by atoms with E-state index in [1.807, 2.05) is 54.3 Å². The lowest BCUT2D eigenvalue weighted by Crippen LogP contribution is -2.37. The molecule has 0 radical (unpaired) electrons. The van der Waals surface area contributed by atoms with Crippen LogP contribution in [0.2, 0.25) is 0 Å². The van der Waals surface area contributed by atoms with Crippen molar-refractivity contribution in [2.75, 3.05) is 26.3 Å². The van der Waals surface area contributed by atoms with Crippen LogP contribution in [0.5, 0.6) is 0 Å². The second-order valence-corrected chi connectivity index (χ2v) is 9.38.